The molecule has 19 heavy (non-hydrogen) atoms. The van der Waals surface area contributed by atoms with Crippen LogP contribution < -0.4 is 4.72 Å². The number of aliphatic hydroxyl groups is 1. The first-order valence-corrected chi connectivity index (χ1v) is 6.89. The van der Waals surface area contributed by atoms with Crippen molar-refractivity contribution in [1.29, 1.82) is 0 Å². The predicted molar refractivity (Wildman–Crippen MR) is 64.6 cm³/mol. The molecule has 1 unspecified atom stereocenters. The average molecular weight is 291 g/mol. The smallest absolute Gasteiger partial charge is 0.332 e. The third-order valence-corrected chi connectivity index (χ3v) is 4.04. The van der Waals surface area contributed by atoms with Crippen molar-refractivity contribution in [2.24, 2.45) is 0 Å². The van der Waals surface area contributed by atoms with Gasteiger partial charge >= 0.3 is 5.97 Å². The van der Waals surface area contributed by atoms with Gasteiger partial charge in [0.15, 0.2) is 6.10 Å². The number of aliphatic carboxylic acids is 1. The van der Waals surface area contributed by atoms with E-state index in [1.807, 2.05) is 0 Å². The molecule has 0 aliphatic rings. The zero-order valence-electron chi connectivity index (χ0n) is 10.1. The van der Waals surface area contributed by atoms with E-state index in [1.165, 1.54) is 13.0 Å². The second kappa shape index (κ2) is 6.09. The van der Waals surface area contributed by atoms with E-state index in [0.717, 1.165) is 12.1 Å². The van der Waals surface area contributed by atoms with E-state index < -0.39 is 27.9 Å². The largest absolute Gasteiger partial charge is 0.479 e. The normalized spacial score (nSPS) is 13.2. The summed E-state index contributed by atoms with van der Waals surface area (Å²) in [6, 6.07) is 3.35. The van der Waals surface area contributed by atoms with E-state index in [4.69, 9.17) is 10.2 Å². The Morgan fingerprint density at radius 3 is 2.68 bits per heavy atom. The maximum atomic E-state index is 13.0. The molecule has 3 N–H and O–H groups in total. The van der Waals surface area contributed by atoms with Crippen molar-refractivity contribution in [3.05, 3.63) is 29.6 Å². The van der Waals surface area contributed by atoms with Gasteiger partial charge in [0.1, 0.15) is 5.82 Å². The van der Waals surface area contributed by atoms with Gasteiger partial charge in [0, 0.05) is 6.54 Å². The van der Waals surface area contributed by atoms with Crippen molar-refractivity contribution < 1.29 is 27.8 Å². The molecule has 0 aromatic heterocycles. The lowest BCUT2D eigenvalue weighted by molar-refractivity contribution is -0.146. The van der Waals surface area contributed by atoms with Crippen molar-refractivity contribution in [2.45, 2.75) is 24.3 Å². The third kappa shape index (κ3) is 4.27. The minimum Gasteiger partial charge on any atom is -0.479 e. The van der Waals surface area contributed by atoms with Crippen LogP contribution in [0.3, 0.4) is 0 Å². The van der Waals surface area contributed by atoms with Crippen LogP contribution in [0.5, 0.6) is 0 Å². The zero-order chi connectivity index (χ0) is 14.6. The van der Waals surface area contributed by atoms with Crippen molar-refractivity contribution in [2.75, 3.05) is 6.54 Å². The third-order valence-electron chi connectivity index (χ3n) is 2.43. The number of rotatable bonds is 6. The molecule has 8 heteroatoms. The molecular weight excluding hydrogens is 277 g/mol. The summed E-state index contributed by atoms with van der Waals surface area (Å²) < 4.78 is 38.8. The standard InChI is InChI=1S/C11H14FNO5S/c1-7-2-3-8(12)6-10(7)19(17,18)13-5-4-9(14)11(15)16/h2-3,6,9,13-14H,4-5H2,1H3,(H,15,16). The highest BCUT2D eigenvalue weighted by molar-refractivity contribution is 7.89. The van der Waals surface area contributed by atoms with E-state index in [1.54, 1.807) is 0 Å². The molecular formula is C11H14FNO5S. The minimum absolute atomic E-state index is 0.211. The first-order valence-electron chi connectivity index (χ1n) is 5.41. The minimum atomic E-state index is -3.93. The molecule has 0 saturated carbocycles. The van der Waals surface area contributed by atoms with Gasteiger partial charge in [0.2, 0.25) is 10.0 Å². The Kier molecular flexibility index (Phi) is 4.98. The van der Waals surface area contributed by atoms with E-state index in [9.17, 15) is 17.6 Å². The fourth-order valence-corrected chi connectivity index (χ4v) is 2.70. The Balaban J connectivity index is 2.76. The Morgan fingerprint density at radius 2 is 2.11 bits per heavy atom. The summed E-state index contributed by atoms with van der Waals surface area (Å²) in [7, 11) is -3.93. The molecule has 6 nitrogen and oxygen atoms in total. The Bertz CT molecular complexity index is 572. The van der Waals surface area contributed by atoms with Crippen molar-refractivity contribution in [3.8, 4) is 0 Å². The van der Waals surface area contributed by atoms with Crippen LogP contribution in [-0.4, -0.2) is 37.2 Å². The number of sulfonamides is 1. The maximum absolute atomic E-state index is 13.0. The number of aliphatic hydroxyl groups excluding tert-OH is 1. The first kappa shape index (κ1) is 15.5. The SMILES string of the molecule is Cc1ccc(F)cc1S(=O)(=O)NCCC(O)C(=O)O. The highest BCUT2D eigenvalue weighted by Gasteiger charge is 2.19. The Labute approximate surface area is 109 Å². The first-order chi connectivity index (χ1) is 8.74. The average Bonchev–Trinajstić information content (AvgIpc) is 2.31. The number of halogens is 1. The van der Waals surface area contributed by atoms with Crippen LogP contribution in [0.1, 0.15) is 12.0 Å². The van der Waals surface area contributed by atoms with E-state index >= 15 is 0 Å². The summed E-state index contributed by atoms with van der Waals surface area (Å²) in [5.74, 6) is -2.11. The van der Waals surface area contributed by atoms with Gasteiger partial charge in [-0.05, 0) is 31.0 Å². The zero-order valence-corrected chi connectivity index (χ0v) is 10.9. The molecule has 0 spiro atoms. The van der Waals surface area contributed by atoms with Crippen molar-refractivity contribution in [3.63, 3.8) is 0 Å². The lowest BCUT2D eigenvalue weighted by Gasteiger charge is -2.10. The summed E-state index contributed by atoms with van der Waals surface area (Å²) in [5, 5.41) is 17.4. The Morgan fingerprint density at radius 1 is 1.47 bits per heavy atom. The van der Waals surface area contributed by atoms with Crippen LogP contribution in [-0.2, 0) is 14.8 Å². The van der Waals surface area contributed by atoms with Crippen LogP contribution in [0.25, 0.3) is 0 Å². The van der Waals surface area contributed by atoms with Crippen LogP contribution in [0.15, 0.2) is 23.1 Å². The maximum Gasteiger partial charge on any atom is 0.332 e. The van der Waals surface area contributed by atoms with Gasteiger partial charge in [-0.1, -0.05) is 6.07 Å². The molecule has 0 amide bonds. The summed E-state index contributed by atoms with van der Waals surface area (Å²) in [5.41, 5.74) is 0.368. The quantitative estimate of drug-likeness (QED) is 0.697. The Hall–Kier alpha value is -1.51. The van der Waals surface area contributed by atoms with Gasteiger partial charge in [-0.3, -0.25) is 0 Å². The second-order valence-corrected chi connectivity index (χ2v) is 5.69. The van der Waals surface area contributed by atoms with Gasteiger partial charge in [-0.2, -0.15) is 0 Å². The molecule has 1 atom stereocenters. The number of aryl methyl sites for hydroxylation is 1. The molecule has 1 rings (SSSR count). The predicted octanol–water partition coefficient (Wildman–Crippen LogP) is 0.248. The molecule has 0 fully saturated rings. The van der Waals surface area contributed by atoms with Crippen LogP contribution >= 0.6 is 0 Å². The molecule has 0 radical (unpaired) electrons. The van der Waals surface area contributed by atoms with E-state index in [2.05, 4.69) is 4.72 Å². The van der Waals surface area contributed by atoms with E-state index in [0.29, 0.717) is 5.56 Å². The summed E-state index contributed by atoms with van der Waals surface area (Å²) in [6.45, 7) is 1.26. The summed E-state index contributed by atoms with van der Waals surface area (Å²) in [6.07, 6.45) is -1.92. The number of carboxylic acids is 1. The monoisotopic (exact) mass is 291 g/mol. The number of benzene rings is 1. The van der Waals surface area contributed by atoms with Crippen LogP contribution in [0.4, 0.5) is 4.39 Å². The molecule has 1 aromatic carbocycles. The summed E-state index contributed by atoms with van der Waals surface area (Å²) in [4.78, 5) is 10.1. The van der Waals surface area contributed by atoms with Gasteiger partial charge < -0.3 is 10.2 Å². The number of nitrogens with one attached hydrogen (secondary N) is 1. The number of carboxylic acid groups (broad SMARTS) is 1. The fraction of sp³-hybridized carbons (Fsp3) is 0.364. The van der Waals surface area contributed by atoms with E-state index in [-0.39, 0.29) is 17.9 Å². The highest BCUT2D eigenvalue weighted by atomic mass is 32.2. The van der Waals surface area contributed by atoms with Gasteiger partial charge in [0.05, 0.1) is 4.90 Å². The second-order valence-electron chi connectivity index (χ2n) is 3.95. The molecule has 0 heterocycles. The van der Waals surface area contributed by atoms with Gasteiger partial charge in [-0.25, -0.2) is 22.3 Å². The van der Waals surface area contributed by atoms with Crippen molar-refractivity contribution in [1.82, 2.24) is 4.72 Å². The lowest BCUT2D eigenvalue weighted by Crippen LogP contribution is -2.30. The van der Waals surface area contributed by atoms with Crippen LogP contribution in [0.2, 0.25) is 0 Å². The topological polar surface area (TPSA) is 104 Å². The van der Waals surface area contributed by atoms with Gasteiger partial charge in [0.25, 0.3) is 0 Å². The molecule has 0 saturated heterocycles. The fourth-order valence-electron chi connectivity index (χ4n) is 1.39. The molecule has 0 aliphatic heterocycles. The molecule has 1 aromatic rings. The number of hydrogen-bond acceptors (Lipinski definition) is 4. The number of carbonyl (C=O) groups is 1. The molecule has 0 aliphatic carbocycles. The van der Waals surface area contributed by atoms with Gasteiger partial charge in [-0.15, -0.1) is 0 Å². The molecule has 106 valence electrons. The van der Waals surface area contributed by atoms with Crippen molar-refractivity contribution >= 4 is 16.0 Å². The van der Waals surface area contributed by atoms with Crippen LogP contribution in [0, 0.1) is 12.7 Å². The lowest BCUT2D eigenvalue weighted by atomic mass is 10.2. The highest BCUT2D eigenvalue weighted by Crippen LogP contribution is 2.16. The number of hydrogen-bond donors (Lipinski definition) is 3. The molecule has 0 bridgehead atoms. The summed E-state index contributed by atoms with van der Waals surface area (Å²) >= 11 is 0.